The third-order valence-corrected chi connectivity index (χ3v) is 6.55. The molecule has 1 N–H and O–H groups in total. The lowest BCUT2D eigenvalue weighted by molar-refractivity contribution is -0.132. The number of carbonyl (C=O) groups is 3. The predicted molar refractivity (Wildman–Crippen MR) is 129 cm³/mol. The molecule has 35 heavy (non-hydrogen) atoms. The van der Waals surface area contributed by atoms with Crippen molar-refractivity contribution in [3.05, 3.63) is 76.1 Å². The van der Waals surface area contributed by atoms with Gasteiger partial charge in [-0.25, -0.2) is 9.78 Å². The Bertz CT molecular complexity index is 1320. The molecule has 0 radical (unpaired) electrons. The monoisotopic (exact) mass is 493 g/mol. The van der Waals surface area contributed by atoms with E-state index in [1.54, 1.807) is 43.3 Å². The number of aromatic nitrogens is 2. The molecule has 1 aromatic carbocycles. The maximum Gasteiger partial charge on any atom is 0.350 e. The number of ketones is 1. The number of pyridine rings is 1. The van der Waals surface area contributed by atoms with Gasteiger partial charge in [0.2, 0.25) is 0 Å². The summed E-state index contributed by atoms with van der Waals surface area (Å²) in [6.45, 7) is 4.09. The summed E-state index contributed by atoms with van der Waals surface area (Å²) in [6.07, 6.45) is 3.87. The highest BCUT2D eigenvalue weighted by Gasteiger charge is 2.48. The van der Waals surface area contributed by atoms with E-state index in [4.69, 9.17) is 9.47 Å². The van der Waals surface area contributed by atoms with Gasteiger partial charge in [-0.15, -0.1) is 0 Å². The number of Topliss-reactive ketones (excluding diaryl/α,β-unsaturated/α-hetero) is 1. The lowest BCUT2D eigenvalue weighted by atomic mass is 9.96. The molecule has 1 amide bonds. The highest BCUT2D eigenvalue weighted by atomic mass is 32.1. The summed E-state index contributed by atoms with van der Waals surface area (Å²) in [4.78, 5) is 48.4. The quantitative estimate of drug-likeness (QED) is 0.227. The van der Waals surface area contributed by atoms with Crippen LogP contribution in [0.3, 0.4) is 0 Å². The second-order valence-electron chi connectivity index (χ2n) is 7.73. The van der Waals surface area contributed by atoms with Crippen LogP contribution >= 0.6 is 11.3 Å². The fourth-order valence-corrected chi connectivity index (χ4v) is 4.78. The molecule has 1 aliphatic heterocycles. The number of esters is 1. The molecule has 4 rings (SSSR count). The van der Waals surface area contributed by atoms with E-state index in [1.807, 2.05) is 6.92 Å². The van der Waals surface area contributed by atoms with Gasteiger partial charge in [-0.3, -0.25) is 19.5 Å². The lowest BCUT2D eigenvalue weighted by Crippen LogP contribution is -2.29. The molecule has 1 atom stereocenters. The van der Waals surface area contributed by atoms with E-state index in [9.17, 15) is 19.5 Å². The molecule has 1 fully saturated rings. The van der Waals surface area contributed by atoms with Crippen molar-refractivity contribution in [3.63, 3.8) is 0 Å². The number of aryl methyl sites for hydroxylation is 1. The van der Waals surface area contributed by atoms with Gasteiger partial charge in [-0.2, -0.15) is 0 Å². The second-order valence-corrected chi connectivity index (χ2v) is 8.71. The van der Waals surface area contributed by atoms with Crippen LogP contribution in [0.4, 0.5) is 5.13 Å². The van der Waals surface area contributed by atoms with Crippen molar-refractivity contribution >= 4 is 39.9 Å². The summed E-state index contributed by atoms with van der Waals surface area (Å²) in [6, 6.07) is 9.02. The molecular weight excluding hydrogens is 470 g/mol. The SMILES string of the molecule is CCCOc1cccc(/C(O)=C2\C(=O)C(=O)N(c3nc(C)c(C(=O)OC)s3)C2c2ccncc2)c1. The number of thiazole rings is 1. The summed E-state index contributed by atoms with van der Waals surface area (Å²) in [5, 5.41) is 11.4. The number of hydrogen-bond donors (Lipinski definition) is 1. The first-order valence-electron chi connectivity index (χ1n) is 10.9. The number of methoxy groups -OCH3 is 1. The van der Waals surface area contributed by atoms with Gasteiger partial charge >= 0.3 is 11.9 Å². The maximum absolute atomic E-state index is 13.3. The van der Waals surface area contributed by atoms with Gasteiger partial charge in [0.25, 0.3) is 5.78 Å². The van der Waals surface area contributed by atoms with Gasteiger partial charge in [0.1, 0.15) is 16.4 Å². The van der Waals surface area contributed by atoms with Crippen molar-refractivity contribution in [3.8, 4) is 5.75 Å². The van der Waals surface area contributed by atoms with E-state index in [0.717, 1.165) is 17.8 Å². The number of aliphatic hydroxyl groups is 1. The molecule has 180 valence electrons. The summed E-state index contributed by atoms with van der Waals surface area (Å²) in [5.74, 6) is -2.12. The third-order valence-electron chi connectivity index (χ3n) is 5.41. The average molecular weight is 494 g/mol. The van der Waals surface area contributed by atoms with Crippen molar-refractivity contribution in [2.75, 3.05) is 18.6 Å². The highest BCUT2D eigenvalue weighted by molar-refractivity contribution is 7.17. The van der Waals surface area contributed by atoms with Crippen LogP contribution in [0.5, 0.6) is 5.75 Å². The number of carbonyl (C=O) groups excluding carboxylic acids is 3. The molecule has 1 saturated heterocycles. The third kappa shape index (κ3) is 4.52. The zero-order chi connectivity index (χ0) is 25.1. The highest BCUT2D eigenvalue weighted by Crippen LogP contribution is 2.44. The summed E-state index contributed by atoms with van der Waals surface area (Å²) in [7, 11) is 1.25. The van der Waals surface area contributed by atoms with Crippen molar-refractivity contribution in [2.45, 2.75) is 26.3 Å². The zero-order valence-electron chi connectivity index (χ0n) is 19.3. The fourth-order valence-electron chi connectivity index (χ4n) is 3.77. The topological polar surface area (TPSA) is 119 Å². The van der Waals surface area contributed by atoms with Crippen LogP contribution in [0.25, 0.3) is 5.76 Å². The number of aliphatic hydroxyl groups excluding tert-OH is 1. The van der Waals surface area contributed by atoms with Crippen LogP contribution in [0.15, 0.2) is 54.4 Å². The van der Waals surface area contributed by atoms with Crippen molar-refractivity contribution in [1.29, 1.82) is 0 Å². The predicted octanol–water partition coefficient (Wildman–Crippen LogP) is 4.05. The van der Waals surface area contributed by atoms with Crippen molar-refractivity contribution in [1.82, 2.24) is 9.97 Å². The van der Waals surface area contributed by atoms with Crippen LogP contribution < -0.4 is 9.64 Å². The van der Waals surface area contributed by atoms with E-state index < -0.39 is 23.7 Å². The molecule has 10 heteroatoms. The van der Waals surface area contributed by atoms with E-state index in [0.29, 0.717) is 29.2 Å². The Balaban J connectivity index is 1.87. The largest absolute Gasteiger partial charge is 0.507 e. The number of benzene rings is 1. The summed E-state index contributed by atoms with van der Waals surface area (Å²) < 4.78 is 10.5. The molecule has 3 aromatic rings. The number of amides is 1. The average Bonchev–Trinajstić information content (AvgIpc) is 3.39. The number of ether oxygens (including phenoxy) is 2. The van der Waals surface area contributed by atoms with E-state index in [-0.39, 0.29) is 21.3 Å². The minimum atomic E-state index is -0.978. The summed E-state index contributed by atoms with van der Waals surface area (Å²) >= 11 is 0.942. The van der Waals surface area contributed by atoms with Gasteiger partial charge in [0.05, 0.1) is 31.0 Å². The first-order chi connectivity index (χ1) is 16.9. The van der Waals surface area contributed by atoms with Crippen LogP contribution in [0.2, 0.25) is 0 Å². The normalized spacial score (nSPS) is 17.0. The molecule has 1 aliphatic rings. The van der Waals surface area contributed by atoms with Crippen LogP contribution in [-0.4, -0.2) is 46.5 Å². The van der Waals surface area contributed by atoms with E-state index >= 15 is 0 Å². The Labute approximate surface area is 205 Å². The molecule has 3 heterocycles. The molecule has 9 nitrogen and oxygen atoms in total. The van der Waals surface area contributed by atoms with E-state index in [2.05, 4.69) is 9.97 Å². The minimum absolute atomic E-state index is 0.0960. The molecule has 0 aliphatic carbocycles. The molecule has 1 unspecified atom stereocenters. The van der Waals surface area contributed by atoms with Gasteiger partial charge in [-0.1, -0.05) is 30.4 Å². The number of nitrogens with zero attached hydrogens (tertiary/aromatic N) is 3. The molecule has 0 saturated carbocycles. The maximum atomic E-state index is 13.3. The van der Waals surface area contributed by atoms with Gasteiger partial charge < -0.3 is 14.6 Å². The van der Waals surface area contributed by atoms with Gasteiger partial charge in [0.15, 0.2) is 5.13 Å². The Hall–Kier alpha value is -4.05. The molecule has 0 spiro atoms. The smallest absolute Gasteiger partial charge is 0.350 e. The zero-order valence-corrected chi connectivity index (χ0v) is 20.2. The van der Waals surface area contributed by atoms with Crippen molar-refractivity contribution < 1.29 is 29.0 Å². The van der Waals surface area contributed by atoms with E-state index in [1.165, 1.54) is 24.4 Å². The molecular formula is C25H23N3O6S. The van der Waals surface area contributed by atoms with Crippen LogP contribution in [0.1, 0.15) is 45.9 Å². The Morgan fingerprint density at radius 1 is 1.20 bits per heavy atom. The lowest BCUT2D eigenvalue weighted by Gasteiger charge is -2.22. The number of rotatable bonds is 7. The standard InChI is InChI=1S/C25H23N3O6S/c1-4-12-34-17-7-5-6-16(13-17)20(29)18-19(15-8-10-26-11-9-15)28(23(31)21(18)30)25-27-14(2)22(35-25)24(32)33-3/h5-11,13,19,29H,4,12H2,1-3H3/b20-18+. The second kappa shape index (κ2) is 10.1. The molecule has 2 aromatic heterocycles. The number of hydrogen-bond acceptors (Lipinski definition) is 9. The Morgan fingerprint density at radius 2 is 1.94 bits per heavy atom. The Kier molecular flexibility index (Phi) is 6.92. The van der Waals surface area contributed by atoms with Crippen molar-refractivity contribution in [2.24, 2.45) is 0 Å². The minimum Gasteiger partial charge on any atom is -0.507 e. The summed E-state index contributed by atoms with van der Waals surface area (Å²) in [5.41, 5.74) is 1.15. The van der Waals surface area contributed by atoms with Gasteiger partial charge in [-0.05, 0) is 43.2 Å². The van der Waals surface area contributed by atoms with Crippen LogP contribution in [-0.2, 0) is 14.3 Å². The van der Waals surface area contributed by atoms with Crippen LogP contribution in [0, 0.1) is 6.92 Å². The van der Waals surface area contributed by atoms with Gasteiger partial charge in [0, 0.05) is 18.0 Å². The fraction of sp³-hybridized carbons (Fsp3) is 0.240. The molecule has 0 bridgehead atoms. The first-order valence-corrected chi connectivity index (χ1v) is 11.7. The Morgan fingerprint density at radius 3 is 2.63 bits per heavy atom. The first kappa shape index (κ1) is 24.1. The number of anilines is 1.